The molecule has 0 saturated heterocycles. The van der Waals surface area contributed by atoms with E-state index < -0.39 is 27.2 Å². The molecule has 2 aromatic heterocycles. The molecular formula is C22H20FN7O5S. The number of phenolic OH excluding ortho intramolecular Hbond substituents is 1. The van der Waals surface area contributed by atoms with Crippen molar-refractivity contribution in [3.05, 3.63) is 65.6 Å². The Morgan fingerprint density at radius 1 is 1.22 bits per heavy atom. The molecule has 1 aliphatic rings. The summed E-state index contributed by atoms with van der Waals surface area (Å²) in [6.07, 6.45) is 1.52. The lowest BCUT2D eigenvalue weighted by molar-refractivity contribution is 0.166. The smallest absolute Gasteiger partial charge is 0.243 e. The Balaban J connectivity index is 1.82. The van der Waals surface area contributed by atoms with Gasteiger partial charge in [0.25, 0.3) is 0 Å². The van der Waals surface area contributed by atoms with Crippen LogP contribution in [0.1, 0.15) is 31.6 Å². The van der Waals surface area contributed by atoms with Crippen molar-refractivity contribution < 1.29 is 27.8 Å². The molecule has 0 fully saturated rings. The Hall–Kier alpha value is -4.35. The third-order valence-electron chi connectivity index (χ3n) is 5.13. The number of nitrogens with one attached hydrogen (secondary N) is 1. The molecule has 186 valence electrons. The van der Waals surface area contributed by atoms with E-state index in [2.05, 4.69) is 41.3 Å². The maximum absolute atomic E-state index is 13.2. The lowest BCUT2D eigenvalue weighted by Crippen LogP contribution is -2.32. The van der Waals surface area contributed by atoms with Crippen LogP contribution in [0.5, 0.6) is 11.5 Å². The van der Waals surface area contributed by atoms with Crippen molar-refractivity contribution in [2.45, 2.75) is 25.2 Å². The molecule has 0 bridgehead atoms. The predicted octanol–water partition coefficient (Wildman–Crippen LogP) is 1.90. The fourth-order valence-corrected chi connectivity index (χ4v) is 4.28. The first-order valence-electron chi connectivity index (χ1n) is 10.4. The number of halogens is 1. The number of ether oxygens (including phenoxy) is 1. The normalized spacial score (nSPS) is 14.7. The Labute approximate surface area is 204 Å². The number of aliphatic hydroxyl groups excluding tert-OH is 1. The van der Waals surface area contributed by atoms with Gasteiger partial charge in [-0.15, -0.1) is 10.2 Å². The van der Waals surface area contributed by atoms with Gasteiger partial charge in [0.2, 0.25) is 16.0 Å². The number of anilines is 1. The zero-order valence-corrected chi connectivity index (χ0v) is 20.0. The second-order valence-electron chi connectivity index (χ2n) is 7.58. The van der Waals surface area contributed by atoms with E-state index in [0.29, 0.717) is 5.71 Å². The number of sulfonamides is 1. The van der Waals surface area contributed by atoms with Crippen molar-refractivity contribution in [3.63, 3.8) is 0 Å². The van der Waals surface area contributed by atoms with Gasteiger partial charge in [-0.25, -0.2) is 27.8 Å². The average molecular weight is 514 g/mol. The highest BCUT2D eigenvalue weighted by molar-refractivity contribution is 7.93. The third-order valence-corrected chi connectivity index (χ3v) is 6.83. The minimum absolute atomic E-state index is 0.0301. The van der Waals surface area contributed by atoms with Gasteiger partial charge in [-0.05, 0) is 31.7 Å². The van der Waals surface area contributed by atoms with Gasteiger partial charge in [0.1, 0.15) is 28.5 Å². The van der Waals surface area contributed by atoms with Crippen LogP contribution in [0.3, 0.4) is 0 Å². The lowest BCUT2D eigenvalue weighted by Gasteiger charge is -2.20. The molecule has 1 aliphatic heterocycles. The fraction of sp³-hybridized carbons (Fsp3) is 0.227. The number of rotatable bonds is 8. The number of aromatic nitrogens is 5. The number of benzene rings is 1. The number of aliphatic hydroxyl groups is 1. The number of methoxy groups -OCH3 is 1. The molecule has 4 rings (SSSR count). The lowest BCUT2D eigenvalue weighted by atomic mass is 10.2. The van der Waals surface area contributed by atoms with Gasteiger partial charge in [0.05, 0.1) is 19.5 Å². The molecule has 3 N–H and O–H groups in total. The van der Waals surface area contributed by atoms with E-state index in [0.717, 1.165) is 12.4 Å². The van der Waals surface area contributed by atoms with Crippen LogP contribution in [0.25, 0.3) is 11.4 Å². The molecular weight excluding hydrogens is 493 g/mol. The SMILES string of the molecule is COc1cccc(O)c1-n1c(NS(=O)(=O)[C@@H](C)[C@H](O)c2ncc(F)cn2)nnc1C1=C=C=CC(C)=N1. The molecule has 14 heteroatoms. The molecule has 1 aromatic carbocycles. The van der Waals surface area contributed by atoms with E-state index in [-0.39, 0.29) is 40.5 Å². The van der Waals surface area contributed by atoms with Gasteiger partial charge in [0.15, 0.2) is 23.2 Å². The highest BCUT2D eigenvalue weighted by Gasteiger charge is 2.34. The molecule has 12 nitrogen and oxygen atoms in total. The average Bonchev–Trinajstić information content (AvgIpc) is 3.25. The van der Waals surface area contributed by atoms with Crippen molar-refractivity contribution in [2.24, 2.45) is 4.99 Å². The van der Waals surface area contributed by atoms with Crippen LogP contribution in [-0.4, -0.2) is 61.4 Å². The van der Waals surface area contributed by atoms with Crippen molar-refractivity contribution in [1.82, 2.24) is 24.7 Å². The Morgan fingerprint density at radius 2 is 1.94 bits per heavy atom. The molecule has 0 aliphatic carbocycles. The van der Waals surface area contributed by atoms with E-state index in [4.69, 9.17) is 4.74 Å². The Morgan fingerprint density at radius 3 is 2.61 bits per heavy atom. The van der Waals surface area contributed by atoms with Gasteiger partial charge in [0, 0.05) is 11.8 Å². The van der Waals surface area contributed by atoms with Crippen LogP contribution in [0.2, 0.25) is 0 Å². The van der Waals surface area contributed by atoms with Gasteiger partial charge < -0.3 is 14.9 Å². The van der Waals surface area contributed by atoms with Crippen molar-refractivity contribution in [1.29, 1.82) is 0 Å². The van der Waals surface area contributed by atoms with Crippen LogP contribution in [0, 0.1) is 5.82 Å². The highest BCUT2D eigenvalue weighted by Crippen LogP contribution is 2.36. The monoisotopic (exact) mass is 513 g/mol. The number of phenols is 1. The third kappa shape index (κ3) is 4.74. The zero-order chi connectivity index (χ0) is 26.0. The molecule has 36 heavy (non-hydrogen) atoms. The van der Waals surface area contributed by atoms with Crippen LogP contribution >= 0.6 is 0 Å². The summed E-state index contributed by atoms with van der Waals surface area (Å²) in [5.74, 6) is -1.41. The zero-order valence-electron chi connectivity index (χ0n) is 19.2. The second-order valence-corrected chi connectivity index (χ2v) is 9.62. The van der Waals surface area contributed by atoms with Crippen LogP contribution in [0.4, 0.5) is 10.3 Å². The number of hydrogen-bond acceptors (Lipinski definition) is 10. The summed E-state index contributed by atoms with van der Waals surface area (Å²) < 4.78 is 48.4. The number of nitrogens with zero attached hydrogens (tertiary/aromatic N) is 6. The number of hydrogen-bond donors (Lipinski definition) is 3. The number of aromatic hydroxyl groups is 1. The van der Waals surface area contributed by atoms with Gasteiger partial charge >= 0.3 is 0 Å². The quantitative estimate of drug-likeness (QED) is 0.382. The van der Waals surface area contributed by atoms with Crippen LogP contribution in [-0.2, 0) is 10.0 Å². The highest BCUT2D eigenvalue weighted by atomic mass is 32.2. The standard InChI is InChI=1S/C22H20FN7O5S/c1-12-6-4-7-15(26-12)21-27-28-22(30(21)18-16(31)8-5-9-17(18)35-3)29-36(33,34)13(2)19(32)20-24-10-14(23)11-25-20/h5-6,8-11,13,19,31-32H,1-3H3,(H,28,29)/t13-,19-/m0/s1. The Bertz CT molecular complexity index is 1550. The van der Waals surface area contributed by atoms with Crippen molar-refractivity contribution >= 4 is 27.4 Å². The summed E-state index contributed by atoms with van der Waals surface area (Å²) in [6.45, 7) is 2.94. The van der Waals surface area contributed by atoms with E-state index in [1.165, 1.54) is 30.7 Å². The molecule has 0 amide bonds. The van der Waals surface area contributed by atoms with Crippen molar-refractivity contribution in [2.75, 3.05) is 11.8 Å². The van der Waals surface area contributed by atoms with E-state index in [1.54, 1.807) is 19.1 Å². The van der Waals surface area contributed by atoms with E-state index in [9.17, 15) is 23.0 Å². The summed E-state index contributed by atoms with van der Waals surface area (Å²) >= 11 is 0. The first-order chi connectivity index (χ1) is 17.1. The van der Waals surface area contributed by atoms with Crippen molar-refractivity contribution in [3.8, 4) is 17.2 Å². The summed E-state index contributed by atoms with van der Waals surface area (Å²) in [7, 11) is -3.00. The maximum Gasteiger partial charge on any atom is 0.243 e. The molecule has 0 unspecified atom stereocenters. The minimum Gasteiger partial charge on any atom is -0.506 e. The second kappa shape index (κ2) is 9.72. The van der Waals surface area contributed by atoms with E-state index >= 15 is 0 Å². The first kappa shape index (κ1) is 24.8. The minimum atomic E-state index is -4.37. The molecule has 3 heterocycles. The number of para-hydroxylation sites is 1. The Kier molecular flexibility index (Phi) is 6.69. The van der Waals surface area contributed by atoms with Gasteiger partial charge in [-0.2, -0.15) is 0 Å². The molecule has 3 aromatic rings. The molecule has 0 spiro atoms. The van der Waals surface area contributed by atoms with Crippen LogP contribution < -0.4 is 9.46 Å². The number of allylic oxidation sites excluding steroid dienone is 1. The largest absolute Gasteiger partial charge is 0.506 e. The number of aliphatic imine (C=N–C) groups is 1. The predicted molar refractivity (Wildman–Crippen MR) is 127 cm³/mol. The fourth-order valence-electron chi connectivity index (χ4n) is 3.24. The van der Waals surface area contributed by atoms with E-state index in [1.807, 2.05) is 0 Å². The molecule has 0 radical (unpaired) electrons. The molecule has 0 saturated carbocycles. The van der Waals surface area contributed by atoms with Crippen LogP contribution in [0.15, 0.2) is 53.1 Å². The summed E-state index contributed by atoms with van der Waals surface area (Å²) in [6, 6.07) is 4.46. The maximum atomic E-state index is 13.2. The topological polar surface area (TPSA) is 165 Å². The summed E-state index contributed by atoms with van der Waals surface area (Å²) in [5.41, 5.74) is 6.37. The van der Waals surface area contributed by atoms with Gasteiger partial charge in [-0.3, -0.25) is 9.29 Å². The summed E-state index contributed by atoms with van der Waals surface area (Å²) in [5, 5.41) is 27.7. The molecule has 2 atom stereocenters. The van der Waals surface area contributed by atoms with Gasteiger partial charge in [-0.1, -0.05) is 11.8 Å². The first-order valence-corrected chi connectivity index (χ1v) is 11.9. The summed E-state index contributed by atoms with van der Waals surface area (Å²) in [4.78, 5) is 11.6.